The van der Waals surface area contributed by atoms with E-state index in [0.29, 0.717) is 12.5 Å². The van der Waals surface area contributed by atoms with E-state index in [-0.39, 0.29) is 11.7 Å². The van der Waals surface area contributed by atoms with Crippen LogP contribution in [-0.2, 0) is 6.54 Å². The van der Waals surface area contributed by atoms with Gasteiger partial charge < -0.3 is 9.32 Å². The van der Waals surface area contributed by atoms with Gasteiger partial charge in [-0.1, -0.05) is 0 Å². The molecule has 1 N–H and O–H groups in total. The second kappa shape index (κ2) is 4.53. The Bertz CT molecular complexity index is 597. The Hall–Kier alpha value is -2.11. The number of hydrogen-bond donors (Lipinski definition) is 1. The van der Waals surface area contributed by atoms with Crippen molar-refractivity contribution in [1.82, 2.24) is 20.1 Å². The molecule has 19 heavy (non-hydrogen) atoms. The van der Waals surface area contributed by atoms with Crippen LogP contribution in [0.5, 0.6) is 0 Å². The molecule has 2 aromatic rings. The molecule has 100 valence electrons. The monoisotopic (exact) mass is 260 g/mol. The second-order valence-electron chi connectivity index (χ2n) is 4.99. The molecule has 6 heteroatoms. The summed E-state index contributed by atoms with van der Waals surface area (Å²) in [6.45, 7) is 2.29. The number of H-pyrrole nitrogens is 1. The van der Waals surface area contributed by atoms with Gasteiger partial charge in [0, 0.05) is 13.0 Å². The van der Waals surface area contributed by atoms with Crippen molar-refractivity contribution < 1.29 is 9.21 Å². The third kappa shape index (κ3) is 2.52. The van der Waals surface area contributed by atoms with E-state index in [2.05, 4.69) is 15.2 Å². The van der Waals surface area contributed by atoms with E-state index in [1.165, 1.54) is 0 Å². The highest BCUT2D eigenvalue weighted by molar-refractivity contribution is 5.90. The van der Waals surface area contributed by atoms with E-state index in [1.807, 2.05) is 19.1 Å². The molecule has 1 fully saturated rings. The maximum atomic E-state index is 12.2. The molecule has 0 saturated heterocycles. The Morgan fingerprint density at radius 2 is 2.32 bits per heavy atom. The number of aryl methyl sites for hydroxylation is 1. The molecule has 0 unspecified atom stereocenters. The molecule has 1 saturated carbocycles. The van der Waals surface area contributed by atoms with Crippen molar-refractivity contribution in [3.05, 3.63) is 35.3 Å². The number of furan rings is 1. The van der Waals surface area contributed by atoms with Crippen molar-refractivity contribution >= 4 is 5.91 Å². The van der Waals surface area contributed by atoms with Crippen LogP contribution in [0.4, 0.5) is 0 Å². The van der Waals surface area contributed by atoms with Gasteiger partial charge in [-0.15, -0.1) is 5.10 Å². The SMILES string of the molecule is Cc1ccc(CN(C)C(=O)c2n[nH]c(C3CC3)n2)o1. The third-order valence-corrected chi connectivity index (χ3v) is 3.19. The van der Waals surface area contributed by atoms with Crippen molar-refractivity contribution in [3.63, 3.8) is 0 Å². The minimum absolute atomic E-state index is 0.197. The molecule has 1 aliphatic carbocycles. The van der Waals surface area contributed by atoms with Crippen LogP contribution in [0.2, 0.25) is 0 Å². The van der Waals surface area contributed by atoms with Crippen molar-refractivity contribution in [1.29, 1.82) is 0 Å². The van der Waals surface area contributed by atoms with Gasteiger partial charge in [0.05, 0.1) is 6.54 Å². The maximum absolute atomic E-state index is 12.2. The predicted octanol–water partition coefficient (Wildman–Crippen LogP) is 1.86. The molecule has 0 aromatic carbocycles. The Morgan fingerprint density at radius 1 is 1.53 bits per heavy atom. The van der Waals surface area contributed by atoms with Crippen molar-refractivity contribution in [2.45, 2.75) is 32.2 Å². The molecule has 2 aromatic heterocycles. The Kier molecular flexibility index (Phi) is 2.85. The number of rotatable bonds is 4. The first-order valence-corrected chi connectivity index (χ1v) is 6.36. The molecule has 0 spiro atoms. The highest BCUT2D eigenvalue weighted by atomic mass is 16.3. The number of carbonyl (C=O) groups excluding carboxylic acids is 1. The molecule has 1 aliphatic rings. The molecule has 2 heterocycles. The number of nitrogens with one attached hydrogen (secondary N) is 1. The van der Waals surface area contributed by atoms with E-state index in [1.54, 1.807) is 11.9 Å². The van der Waals surface area contributed by atoms with Gasteiger partial charge in [0.2, 0.25) is 5.82 Å². The smallest absolute Gasteiger partial charge is 0.293 e. The summed E-state index contributed by atoms with van der Waals surface area (Å²) in [5, 5.41) is 6.83. The van der Waals surface area contributed by atoms with Crippen molar-refractivity contribution in [2.24, 2.45) is 0 Å². The summed E-state index contributed by atoms with van der Waals surface area (Å²) in [6, 6.07) is 3.75. The fourth-order valence-corrected chi connectivity index (χ4v) is 1.96. The number of amides is 1. The van der Waals surface area contributed by atoms with Crippen LogP contribution in [0, 0.1) is 6.92 Å². The Balaban J connectivity index is 1.67. The molecular weight excluding hydrogens is 244 g/mol. The summed E-state index contributed by atoms with van der Waals surface area (Å²) in [6.07, 6.45) is 2.26. The average Bonchev–Trinajstić information content (AvgIpc) is 2.98. The van der Waals surface area contributed by atoms with Gasteiger partial charge in [-0.25, -0.2) is 4.98 Å². The van der Waals surface area contributed by atoms with Crippen LogP contribution in [-0.4, -0.2) is 33.0 Å². The number of aromatic amines is 1. The lowest BCUT2D eigenvalue weighted by Crippen LogP contribution is -2.27. The number of hydrogen-bond acceptors (Lipinski definition) is 4. The Morgan fingerprint density at radius 3 is 2.95 bits per heavy atom. The molecule has 6 nitrogen and oxygen atoms in total. The number of nitrogens with zero attached hydrogens (tertiary/aromatic N) is 3. The maximum Gasteiger partial charge on any atom is 0.293 e. The molecule has 0 radical (unpaired) electrons. The van der Waals surface area contributed by atoms with Gasteiger partial charge in [-0.2, -0.15) is 0 Å². The Labute approximate surface area is 110 Å². The van der Waals surface area contributed by atoms with Crippen LogP contribution in [0.15, 0.2) is 16.5 Å². The molecule has 1 amide bonds. The van der Waals surface area contributed by atoms with Crippen LogP contribution in [0.1, 0.15) is 46.7 Å². The fraction of sp³-hybridized carbons (Fsp3) is 0.462. The summed E-state index contributed by atoms with van der Waals surface area (Å²) < 4.78 is 5.45. The van der Waals surface area contributed by atoms with Gasteiger partial charge in [-0.3, -0.25) is 9.89 Å². The van der Waals surface area contributed by atoms with Gasteiger partial charge in [-0.05, 0) is 31.9 Å². The van der Waals surface area contributed by atoms with Crippen molar-refractivity contribution in [3.8, 4) is 0 Å². The van der Waals surface area contributed by atoms with Gasteiger partial charge in [0.1, 0.15) is 17.3 Å². The standard InChI is InChI=1S/C13H16N4O2/c1-8-3-6-10(19-8)7-17(2)13(18)12-14-11(15-16-12)9-4-5-9/h3,6,9H,4-5,7H2,1-2H3,(H,14,15,16). The lowest BCUT2D eigenvalue weighted by atomic mass is 10.4. The number of aromatic nitrogens is 3. The summed E-state index contributed by atoms with van der Waals surface area (Å²) in [4.78, 5) is 18.0. The molecule has 0 aliphatic heterocycles. The molecule has 3 rings (SSSR count). The van der Waals surface area contributed by atoms with Crippen LogP contribution in [0.25, 0.3) is 0 Å². The normalized spacial score (nSPS) is 14.6. The topological polar surface area (TPSA) is 75.0 Å². The summed E-state index contributed by atoms with van der Waals surface area (Å²) in [7, 11) is 1.72. The van der Waals surface area contributed by atoms with Crippen LogP contribution < -0.4 is 0 Å². The van der Waals surface area contributed by atoms with Gasteiger partial charge in [0.25, 0.3) is 5.91 Å². The molecular formula is C13H16N4O2. The van der Waals surface area contributed by atoms with E-state index >= 15 is 0 Å². The zero-order chi connectivity index (χ0) is 13.4. The second-order valence-corrected chi connectivity index (χ2v) is 4.99. The first-order chi connectivity index (χ1) is 9.13. The van der Waals surface area contributed by atoms with Gasteiger partial charge in [0.15, 0.2) is 0 Å². The van der Waals surface area contributed by atoms with Crippen LogP contribution in [0.3, 0.4) is 0 Å². The lowest BCUT2D eigenvalue weighted by Gasteiger charge is -2.13. The average molecular weight is 260 g/mol. The summed E-state index contributed by atoms with van der Waals surface area (Å²) in [5.41, 5.74) is 0. The van der Waals surface area contributed by atoms with E-state index in [4.69, 9.17) is 4.42 Å². The largest absolute Gasteiger partial charge is 0.464 e. The highest BCUT2D eigenvalue weighted by Crippen LogP contribution is 2.37. The quantitative estimate of drug-likeness (QED) is 0.910. The minimum Gasteiger partial charge on any atom is -0.464 e. The predicted molar refractivity (Wildman–Crippen MR) is 67.6 cm³/mol. The fourth-order valence-electron chi connectivity index (χ4n) is 1.96. The molecule has 0 bridgehead atoms. The zero-order valence-corrected chi connectivity index (χ0v) is 11.0. The summed E-state index contributed by atoms with van der Waals surface area (Å²) in [5.74, 6) is 2.92. The van der Waals surface area contributed by atoms with Crippen LogP contribution >= 0.6 is 0 Å². The third-order valence-electron chi connectivity index (χ3n) is 3.19. The van der Waals surface area contributed by atoms with E-state index < -0.39 is 0 Å². The van der Waals surface area contributed by atoms with E-state index in [9.17, 15) is 4.79 Å². The highest BCUT2D eigenvalue weighted by Gasteiger charge is 2.28. The van der Waals surface area contributed by atoms with Crippen molar-refractivity contribution in [2.75, 3.05) is 7.05 Å². The summed E-state index contributed by atoms with van der Waals surface area (Å²) >= 11 is 0. The lowest BCUT2D eigenvalue weighted by molar-refractivity contribution is 0.0763. The first-order valence-electron chi connectivity index (χ1n) is 6.36. The molecule has 0 atom stereocenters. The first kappa shape index (κ1) is 12.0. The van der Waals surface area contributed by atoms with Gasteiger partial charge >= 0.3 is 0 Å². The van der Waals surface area contributed by atoms with E-state index in [0.717, 1.165) is 30.2 Å². The minimum atomic E-state index is -0.197. The number of carbonyl (C=O) groups is 1. The zero-order valence-electron chi connectivity index (χ0n) is 11.0.